The molecule has 1 rings (SSSR count). The van der Waals surface area contributed by atoms with E-state index in [1.165, 1.54) is 0 Å². The van der Waals surface area contributed by atoms with E-state index in [-0.39, 0.29) is 5.41 Å². The molecule has 0 saturated heterocycles. The molecule has 0 aliphatic heterocycles. The monoisotopic (exact) mass is 165 g/mol. The lowest BCUT2D eigenvalue weighted by molar-refractivity contribution is 0.547. The maximum Gasteiger partial charge on any atom is 0.105 e. The molecule has 0 unspecified atom stereocenters. The Labute approximate surface area is 73.1 Å². The van der Waals surface area contributed by atoms with Crippen LogP contribution < -0.4 is 0 Å². The van der Waals surface area contributed by atoms with Crippen molar-refractivity contribution in [3.05, 3.63) is 18.0 Å². The number of aryl methyl sites for hydroxylation is 1. The molecule has 0 spiro atoms. The van der Waals surface area contributed by atoms with Crippen molar-refractivity contribution in [1.82, 2.24) is 15.0 Å². The zero-order chi connectivity index (χ0) is 9.19. The van der Waals surface area contributed by atoms with Gasteiger partial charge in [-0.1, -0.05) is 32.1 Å². The minimum Gasteiger partial charge on any atom is -0.255 e. The van der Waals surface area contributed by atoms with Gasteiger partial charge in [-0.05, 0) is 11.5 Å². The molecule has 0 fully saturated rings. The first-order valence-electron chi connectivity index (χ1n) is 4.03. The van der Waals surface area contributed by atoms with Crippen molar-refractivity contribution in [1.29, 1.82) is 0 Å². The Hall–Kier alpha value is -1.12. The molecule has 0 saturated carbocycles. The normalized spacial score (nSPS) is 12.7. The second-order valence-electron chi connectivity index (χ2n) is 4.02. The zero-order valence-corrected chi connectivity index (χ0v) is 8.07. The number of nitrogens with zero attached hydrogens (tertiary/aromatic N) is 3. The van der Waals surface area contributed by atoms with E-state index >= 15 is 0 Å². The molecule has 0 aliphatic carbocycles. The number of hydrogen-bond acceptors (Lipinski definition) is 2. The number of rotatable bonds is 1. The highest BCUT2D eigenvalue weighted by molar-refractivity contribution is 5.43. The third kappa shape index (κ3) is 2.86. The molecule has 0 amide bonds. The van der Waals surface area contributed by atoms with Crippen LogP contribution in [0.3, 0.4) is 0 Å². The number of aromatic nitrogens is 3. The van der Waals surface area contributed by atoms with E-state index in [2.05, 4.69) is 37.2 Å². The van der Waals surface area contributed by atoms with Crippen LogP contribution in [0, 0.1) is 5.41 Å². The highest BCUT2D eigenvalue weighted by atomic mass is 15.4. The third-order valence-corrected chi connectivity index (χ3v) is 1.37. The van der Waals surface area contributed by atoms with E-state index in [0.717, 1.165) is 5.69 Å². The zero-order valence-electron chi connectivity index (χ0n) is 8.07. The van der Waals surface area contributed by atoms with Crippen LogP contribution >= 0.6 is 0 Å². The van der Waals surface area contributed by atoms with Gasteiger partial charge in [0.1, 0.15) is 5.69 Å². The minimum atomic E-state index is 0.206. The molecule has 0 radical (unpaired) electrons. The van der Waals surface area contributed by atoms with Crippen LogP contribution in [0.4, 0.5) is 0 Å². The van der Waals surface area contributed by atoms with Gasteiger partial charge in [-0.15, -0.1) is 5.10 Å². The first kappa shape index (κ1) is 8.97. The SMILES string of the molecule is Cn1cc(/C=C/C(C)(C)C)nn1. The van der Waals surface area contributed by atoms with Crippen LogP contribution in [0.25, 0.3) is 6.08 Å². The van der Waals surface area contributed by atoms with Crippen LogP contribution in [-0.2, 0) is 7.05 Å². The molecule has 1 heterocycles. The largest absolute Gasteiger partial charge is 0.255 e. The highest BCUT2D eigenvalue weighted by Gasteiger charge is 2.03. The molecule has 1 aromatic rings. The van der Waals surface area contributed by atoms with Crippen molar-refractivity contribution in [3.8, 4) is 0 Å². The average molecular weight is 165 g/mol. The van der Waals surface area contributed by atoms with E-state index < -0.39 is 0 Å². The lowest BCUT2D eigenvalue weighted by atomic mass is 9.96. The fraction of sp³-hybridized carbons (Fsp3) is 0.556. The van der Waals surface area contributed by atoms with Gasteiger partial charge >= 0.3 is 0 Å². The molecule has 66 valence electrons. The smallest absolute Gasteiger partial charge is 0.105 e. The second kappa shape index (κ2) is 3.09. The maximum absolute atomic E-state index is 3.94. The van der Waals surface area contributed by atoms with E-state index in [0.29, 0.717) is 0 Å². The fourth-order valence-corrected chi connectivity index (χ4v) is 0.777. The van der Waals surface area contributed by atoms with Gasteiger partial charge in [0, 0.05) is 7.05 Å². The van der Waals surface area contributed by atoms with Crippen LogP contribution in [0.5, 0.6) is 0 Å². The Bertz CT molecular complexity index is 278. The summed E-state index contributed by atoms with van der Waals surface area (Å²) < 4.78 is 1.70. The predicted molar refractivity (Wildman–Crippen MR) is 49.5 cm³/mol. The Morgan fingerprint density at radius 3 is 2.50 bits per heavy atom. The predicted octanol–water partition coefficient (Wildman–Crippen LogP) is 1.87. The molecule has 3 nitrogen and oxygen atoms in total. The van der Waals surface area contributed by atoms with Crippen molar-refractivity contribution in [2.45, 2.75) is 20.8 Å². The lowest BCUT2D eigenvalue weighted by Gasteiger charge is -2.09. The molecule has 0 bridgehead atoms. The second-order valence-corrected chi connectivity index (χ2v) is 4.02. The van der Waals surface area contributed by atoms with Gasteiger partial charge in [-0.25, -0.2) is 0 Å². The first-order valence-corrected chi connectivity index (χ1v) is 4.03. The summed E-state index contributed by atoms with van der Waals surface area (Å²) in [5.74, 6) is 0. The topological polar surface area (TPSA) is 30.7 Å². The summed E-state index contributed by atoms with van der Waals surface area (Å²) in [6.45, 7) is 6.46. The number of hydrogen-bond donors (Lipinski definition) is 0. The molecule has 0 aromatic carbocycles. The van der Waals surface area contributed by atoms with E-state index in [9.17, 15) is 0 Å². The molecule has 0 aliphatic rings. The van der Waals surface area contributed by atoms with Crippen molar-refractivity contribution in [2.75, 3.05) is 0 Å². The maximum atomic E-state index is 3.94. The Morgan fingerprint density at radius 1 is 1.42 bits per heavy atom. The van der Waals surface area contributed by atoms with Crippen molar-refractivity contribution in [2.24, 2.45) is 12.5 Å². The van der Waals surface area contributed by atoms with Gasteiger partial charge in [0.25, 0.3) is 0 Å². The summed E-state index contributed by atoms with van der Waals surface area (Å²) in [5.41, 5.74) is 1.12. The van der Waals surface area contributed by atoms with Crippen LogP contribution in [0.1, 0.15) is 26.5 Å². The molecular weight excluding hydrogens is 150 g/mol. The van der Waals surface area contributed by atoms with Gasteiger partial charge in [0.2, 0.25) is 0 Å². The summed E-state index contributed by atoms with van der Waals surface area (Å²) in [5, 5.41) is 7.78. The molecule has 3 heteroatoms. The molecular formula is C9H15N3. The van der Waals surface area contributed by atoms with Gasteiger partial charge in [-0.2, -0.15) is 0 Å². The Morgan fingerprint density at radius 2 is 2.08 bits per heavy atom. The van der Waals surface area contributed by atoms with Gasteiger partial charge in [0.15, 0.2) is 0 Å². The lowest BCUT2D eigenvalue weighted by Crippen LogP contribution is -1.97. The van der Waals surface area contributed by atoms with Crippen LogP contribution in [0.2, 0.25) is 0 Å². The van der Waals surface area contributed by atoms with E-state index in [1.807, 2.05) is 19.3 Å². The van der Waals surface area contributed by atoms with E-state index in [1.54, 1.807) is 4.68 Å². The van der Waals surface area contributed by atoms with E-state index in [4.69, 9.17) is 0 Å². The van der Waals surface area contributed by atoms with Crippen LogP contribution in [0.15, 0.2) is 12.3 Å². The van der Waals surface area contributed by atoms with Gasteiger partial charge in [0.05, 0.1) is 6.20 Å². The standard InChI is InChI=1S/C9H15N3/c1-9(2,3)6-5-8-7-12(4)11-10-8/h5-7H,1-4H3/b6-5+. The van der Waals surface area contributed by atoms with Gasteiger partial charge < -0.3 is 0 Å². The molecule has 12 heavy (non-hydrogen) atoms. The van der Waals surface area contributed by atoms with Gasteiger partial charge in [-0.3, -0.25) is 4.68 Å². The van der Waals surface area contributed by atoms with Crippen molar-refractivity contribution >= 4 is 6.08 Å². The summed E-state index contributed by atoms with van der Waals surface area (Å²) >= 11 is 0. The summed E-state index contributed by atoms with van der Waals surface area (Å²) in [4.78, 5) is 0. The minimum absolute atomic E-state index is 0.206. The van der Waals surface area contributed by atoms with Crippen molar-refractivity contribution < 1.29 is 0 Å². The first-order chi connectivity index (χ1) is 5.47. The summed E-state index contributed by atoms with van der Waals surface area (Å²) in [6, 6.07) is 0. The highest BCUT2D eigenvalue weighted by Crippen LogP contribution is 2.15. The Kier molecular flexibility index (Phi) is 2.31. The molecule has 0 N–H and O–H groups in total. The summed E-state index contributed by atoms with van der Waals surface area (Å²) in [6.07, 6.45) is 6.01. The quantitative estimate of drug-likeness (QED) is 0.636. The Balaban J connectivity index is 2.70. The molecule has 0 atom stereocenters. The molecule has 1 aromatic heterocycles. The average Bonchev–Trinajstić information content (AvgIpc) is 2.30. The van der Waals surface area contributed by atoms with Crippen LogP contribution in [-0.4, -0.2) is 15.0 Å². The third-order valence-electron chi connectivity index (χ3n) is 1.37. The fourth-order valence-electron chi connectivity index (χ4n) is 0.777. The summed E-state index contributed by atoms with van der Waals surface area (Å²) in [7, 11) is 1.86. The van der Waals surface area contributed by atoms with Crippen molar-refractivity contribution in [3.63, 3.8) is 0 Å². The number of allylic oxidation sites excluding steroid dienone is 1.